The van der Waals surface area contributed by atoms with Gasteiger partial charge in [0.05, 0.1) is 0 Å². The summed E-state index contributed by atoms with van der Waals surface area (Å²) in [4.78, 5) is 0. The molecule has 1 rings (SSSR count). The first-order valence-electron chi connectivity index (χ1n) is 3.77. The molecule has 0 spiro atoms. The van der Waals surface area contributed by atoms with E-state index in [2.05, 4.69) is 51.5 Å². The van der Waals surface area contributed by atoms with Gasteiger partial charge in [0.1, 0.15) is 0 Å². The van der Waals surface area contributed by atoms with Crippen LogP contribution in [0.1, 0.15) is 16.7 Å². The number of rotatable bonds is 1. The summed E-state index contributed by atoms with van der Waals surface area (Å²) >= 11 is 0. The van der Waals surface area contributed by atoms with E-state index in [0.29, 0.717) is 0 Å². The molecule has 12 heavy (non-hydrogen) atoms. The summed E-state index contributed by atoms with van der Waals surface area (Å²) in [5.74, 6) is 0. The molecule has 0 unspecified atom stereocenters. The second-order valence-electron chi connectivity index (χ2n) is 2.51. The van der Waals surface area contributed by atoms with Crippen molar-refractivity contribution in [3.63, 3.8) is 0 Å². The molecule has 0 aliphatic heterocycles. The molecule has 0 aromatic heterocycles. The van der Waals surface area contributed by atoms with Crippen molar-refractivity contribution in [3.8, 4) is 12.8 Å². The second-order valence-corrected chi connectivity index (χ2v) is 2.51. The molecule has 0 atom stereocenters. The minimum atomic E-state index is 1.27. The number of benzene rings is 1. The highest BCUT2D eigenvalue weighted by molar-refractivity contribution is 5.55. The zero-order valence-electron chi connectivity index (χ0n) is 7.67. The zero-order chi connectivity index (χ0) is 9.56. The smallest absolute Gasteiger partial charge is 0.0204 e. The minimum Gasteiger partial charge on any atom is -0.124 e. The zero-order valence-corrected chi connectivity index (χ0v) is 7.67. The second kappa shape index (κ2) is 5.21. The van der Waals surface area contributed by atoms with Crippen LogP contribution in [0.5, 0.6) is 0 Å². The van der Waals surface area contributed by atoms with Gasteiger partial charge in [-0.2, -0.15) is 0 Å². The molecule has 0 amide bonds. The normalized spacial score (nSPS) is 8.00. The molecule has 62 valence electrons. The molecular weight excluding hydrogens is 144 g/mol. The van der Waals surface area contributed by atoms with Gasteiger partial charge in [-0.15, -0.1) is 12.8 Å². The summed E-state index contributed by atoms with van der Waals surface area (Å²) in [6, 6.07) is 6.27. The monoisotopic (exact) mass is 158 g/mol. The molecule has 0 aliphatic carbocycles. The lowest BCUT2D eigenvalue weighted by atomic mass is 10.0. The maximum atomic E-state index is 4.00. The summed E-state index contributed by atoms with van der Waals surface area (Å²) in [5.41, 5.74) is 3.87. The van der Waals surface area contributed by atoms with E-state index >= 15 is 0 Å². The van der Waals surface area contributed by atoms with E-state index in [-0.39, 0.29) is 0 Å². The van der Waals surface area contributed by atoms with Crippen molar-refractivity contribution in [3.05, 3.63) is 41.5 Å². The molecule has 0 radical (unpaired) electrons. The van der Waals surface area contributed by atoms with Gasteiger partial charge in [-0.3, -0.25) is 0 Å². The average molecular weight is 158 g/mol. The third-order valence-corrected chi connectivity index (χ3v) is 1.75. The fourth-order valence-corrected chi connectivity index (χ4v) is 1.15. The molecule has 0 fully saturated rings. The van der Waals surface area contributed by atoms with Crippen LogP contribution < -0.4 is 0 Å². The van der Waals surface area contributed by atoms with E-state index in [1.807, 2.05) is 6.08 Å². The van der Waals surface area contributed by atoms with Crippen molar-refractivity contribution < 1.29 is 0 Å². The highest BCUT2D eigenvalue weighted by Gasteiger charge is 1.94. The van der Waals surface area contributed by atoms with Gasteiger partial charge in [-0.05, 0) is 30.5 Å². The quantitative estimate of drug-likeness (QED) is 0.550. The Bertz CT molecular complexity index is 259. The van der Waals surface area contributed by atoms with E-state index in [1.54, 1.807) is 0 Å². The average Bonchev–Trinajstić information content (AvgIpc) is 2.08. The van der Waals surface area contributed by atoms with Crippen molar-refractivity contribution in [1.82, 2.24) is 0 Å². The number of hydrogen-bond acceptors (Lipinski definition) is 0. The lowest BCUT2D eigenvalue weighted by Crippen LogP contribution is -1.83. The van der Waals surface area contributed by atoms with Gasteiger partial charge in [0.2, 0.25) is 0 Å². The Balaban J connectivity index is 0.000000561. The Morgan fingerprint density at radius 2 is 1.58 bits per heavy atom. The van der Waals surface area contributed by atoms with Gasteiger partial charge >= 0.3 is 0 Å². The predicted octanol–water partition coefficient (Wildman–Crippen LogP) is 3.20. The highest BCUT2D eigenvalue weighted by atomic mass is 14.0. The topological polar surface area (TPSA) is 0 Å². The first-order chi connectivity index (χ1) is 5.75. The summed E-state index contributed by atoms with van der Waals surface area (Å²) in [7, 11) is 0. The Hall–Kier alpha value is -1.48. The van der Waals surface area contributed by atoms with E-state index in [0.717, 1.165) is 0 Å². The summed E-state index contributed by atoms with van der Waals surface area (Å²) in [5, 5.41) is 0. The predicted molar refractivity (Wildman–Crippen MR) is 55.9 cm³/mol. The molecule has 0 nitrogen and oxygen atoms in total. The lowest BCUT2D eigenvalue weighted by Gasteiger charge is -2.02. The summed E-state index contributed by atoms with van der Waals surface area (Å²) < 4.78 is 0. The van der Waals surface area contributed by atoms with Gasteiger partial charge in [0.25, 0.3) is 0 Å². The van der Waals surface area contributed by atoms with Crippen molar-refractivity contribution in [2.24, 2.45) is 0 Å². The van der Waals surface area contributed by atoms with E-state index < -0.39 is 0 Å². The van der Waals surface area contributed by atoms with Crippen LogP contribution in [0.25, 0.3) is 6.08 Å². The van der Waals surface area contributed by atoms with Crippen molar-refractivity contribution in [1.29, 1.82) is 0 Å². The van der Waals surface area contributed by atoms with Gasteiger partial charge in [0, 0.05) is 0 Å². The molecule has 0 heterocycles. The Morgan fingerprint density at radius 1 is 1.17 bits per heavy atom. The minimum absolute atomic E-state index is 1.27. The molecule has 0 aliphatic rings. The Kier molecular flexibility index (Phi) is 4.57. The summed E-state index contributed by atoms with van der Waals surface area (Å²) in [6.45, 7) is 7.96. The van der Waals surface area contributed by atoms with Gasteiger partial charge < -0.3 is 0 Å². The molecule has 0 saturated carbocycles. The van der Waals surface area contributed by atoms with E-state index in [4.69, 9.17) is 0 Å². The molecule has 0 bridgehead atoms. The number of hydrogen-bond donors (Lipinski definition) is 0. The first kappa shape index (κ1) is 10.5. The van der Waals surface area contributed by atoms with E-state index in [9.17, 15) is 0 Å². The number of terminal acetylenes is 1. The fourth-order valence-electron chi connectivity index (χ4n) is 1.15. The van der Waals surface area contributed by atoms with Gasteiger partial charge in [-0.25, -0.2) is 0 Å². The van der Waals surface area contributed by atoms with Crippen molar-refractivity contribution in [2.75, 3.05) is 0 Å². The molecule has 0 N–H and O–H groups in total. The van der Waals surface area contributed by atoms with Gasteiger partial charge in [0.15, 0.2) is 0 Å². The maximum Gasteiger partial charge on any atom is -0.0204 e. The van der Waals surface area contributed by atoms with E-state index in [1.165, 1.54) is 16.7 Å². The van der Waals surface area contributed by atoms with Crippen LogP contribution in [0.2, 0.25) is 0 Å². The van der Waals surface area contributed by atoms with Crippen molar-refractivity contribution >= 4 is 6.08 Å². The van der Waals surface area contributed by atoms with Crippen LogP contribution in [0.3, 0.4) is 0 Å². The third-order valence-electron chi connectivity index (χ3n) is 1.75. The van der Waals surface area contributed by atoms with Gasteiger partial charge in [-0.1, -0.05) is 30.9 Å². The largest absolute Gasteiger partial charge is 0.124 e. The lowest BCUT2D eigenvalue weighted by molar-refractivity contribution is 1.36. The van der Waals surface area contributed by atoms with Crippen LogP contribution in [0.4, 0.5) is 0 Å². The Labute approximate surface area is 74.9 Å². The number of aryl methyl sites for hydroxylation is 2. The van der Waals surface area contributed by atoms with Crippen molar-refractivity contribution in [2.45, 2.75) is 13.8 Å². The molecular formula is C12H14. The maximum absolute atomic E-state index is 4.00. The molecule has 0 saturated heterocycles. The molecule has 1 aromatic carbocycles. The highest BCUT2D eigenvalue weighted by Crippen LogP contribution is 2.13. The van der Waals surface area contributed by atoms with Crippen LogP contribution >= 0.6 is 0 Å². The van der Waals surface area contributed by atoms with Crippen LogP contribution in [0.15, 0.2) is 24.8 Å². The standard InChI is InChI=1S/C10H12.C2H2/c1-4-10-8(2)6-5-7-9(10)3;1-2/h4-7H,1H2,2-3H3;1-2H. The molecule has 0 heteroatoms. The Morgan fingerprint density at radius 3 is 1.83 bits per heavy atom. The first-order valence-corrected chi connectivity index (χ1v) is 3.77. The molecule has 1 aromatic rings. The van der Waals surface area contributed by atoms with Crippen LogP contribution in [0, 0.1) is 26.7 Å². The fraction of sp³-hybridized carbons (Fsp3) is 0.167. The van der Waals surface area contributed by atoms with Crippen LogP contribution in [-0.4, -0.2) is 0 Å². The summed E-state index contributed by atoms with van der Waals surface area (Å²) in [6.07, 6.45) is 9.91. The third kappa shape index (κ3) is 2.29. The SMILES string of the molecule is C#C.C=Cc1c(C)cccc1C. The van der Waals surface area contributed by atoms with Crippen LogP contribution in [-0.2, 0) is 0 Å².